The standard InChI is InChI=1S/C21H28BrN3/c1-3-23-17(2)19-9-10-21(20(22)15-19)25-13-11-24(12-14-25)16-18-7-5-4-6-8-18/h4-10,15,17,23H,3,11-14,16H2,1-2H3. The molecule has 1 fully saturated rings. The molecule has 3 nitrogen and oxygen atoms in total. The van der Waals surface area contributed by atoms with Crippen molar-refractivity contribution in [2.24, 2.45) is 0 Å². The fraction of sp³-hybridized carbons (Fsp3) is 0.429. The lowest BCUT2D eigenvalue weighted by Gasteiger charge is -2.36. The SMILES string of the molecule is CCNC(C)c1ccc(N2CCN(Cc3ccccc3)CC2)c(Br)c1. The molecule has 0 bridgehead atoms. The van der Waals surface area contributed by atoms with E-state index in [1.54, 1.807) is 0 Å². The van der Waals surface area contributed by atoms with Crippen molar-refractivity contribution in [2.45, 2.75) is 26.4 Å². The molecular formula is C21H28BrN3. The van der Waals surface area contributed by atoms with E-state index in [0.717, 1.165) is 39.3 Å². The van der Waals surface area contributed by atoms with Crippen LogP contribution in [0.2, 0.25) is 0 Å². The number of rotatable bonds is 6. The Bertz CT molecular complexity index is 666. The van der Waals surface area contributed by atoms with Crippen LogP contribution in [0.15, 0.2) is 53.0 Å². The van der Waals surface area contributed by atoms with E-state index >= 15 is 0 Å². The Morgan fingerprint density at radius 2 is 1.76 bits per heavy atom. The summed E-state index contributed by atoms with van der Waals surface area (Å²) in [5.41, 5.74) is 4.05. The van der Waals surface area contributed by atoms with Crippen LogP contribution in [0, 0.1) is 0 Å². The van der Waals surface area contributed by atoms with Gasteiger partial charge in [0, 0.05) is 43.2 Å². The number of anilines is 1. The van der Waals surface area contributed by atoms with Crippen LogP contribution in [0.4, 0.5) is 5.69 Å². The summed E-state index contributed by atoms with van der Waals surface area (Å²) in [6, 6.07) is 17.9. The molecule has 4 heteroatoms. The number of benzene rings is 2. The summed E-state index contributed by atoms with van der Waals surface area (Å²) in [6.07, 6.45) is 0. The van der Waals surface area contributed by atoms with Gasteiger partial charge in [-0.3, -0.25) is 4.90 Å². The van der Waals surface area contributed by atoms with Gasteiger partial charge in [-0.2, -0.15) is 0 Å². The van der Waals surface area contributed by atoms with E-state index in [9.17, 15) is 0 Å². The first-order chi connectivity index (χ1) is 12.2. The minimum Gasteiger partial charge on any atom is -0.368 e. The molecule has 0 radical (unpaired) electrons. The van der Waals surface area contributed by atoms with Crippen LogP contribution in [0.25, 0.3) is 0 Å². The maximum absolute atomic E-state index is 3.79. The first kappa shape index (κ1) is 18.4. The predicted octanol–water partition coefficient (Wildman–Crippen LogP) is 4.44. The van der Waals surface area contributed by atoms with Crippen LogP contribution < -0.4 is 10.2 Å². The van der Waals surface area contributed by atoms with E-state index in [2.05, 4.69) is 93.4 Å². The molecule has 1 aliphatic rings. The van der Waals surface area contributed by atoms with E-state index in [1.807, 2.05) is 0 Å². The summed E-state index contributed by atoms with van der Waals surface area (Å²) in [5, 5.41) is 3.48. The molecule has 1 atom stereocenters. The number of piperazine rings is 1. The van der Waals surface area contributed by atoms with Crippen molar-refractivity contribution in [1.82, 2.24) is 10.2 Å². The molecule has 2 aromatic carbocycles. The Labute approximate surface area is 160 Å². The average Bonchev–Trinajstić information content (AvgIpc) is 2.63. The predicted molar refractivity (Wildman–Crippen MR) is 110 cm³/mol. The zero-order valence-electron chi connectivity index (χ0n) is 15.2. The first-order valence-electron chi connectivity index (χ1n) is 9.21. The maximum Gasteiger partial charge on any atom is 0.0511 e. The highest BCUT2D eigenvalue weighted by molar-refractivity contribution is 9.10. The molecule has 1 aliphatic heterocycles. The summed E-state index contributed by atoms with van der Waals surface area (Å²) < 4.78 is 1.20. The van der Waals surface area contributed by atoms with Crippen LogP contribution in [0.1, 0.15) is 31.0 Å². The lowest BCUT2D eigenvalue weighted by Crippen LogP contribution is -2.46. The molecule has 1 saturated heterocycles. The van der Waals surface area contributed by atoms with Crippen molar-refractivity contribution < 1.29 is 0 Å². The average molecular weight is 402 g/mol. The molecule has 3 rings (SSSR count). The third-order valence-corrected chi connectivity index (χ3v) is 5.58. The smallest absolute Gasteiger partial charge is 0.0511 e. The van der Waals surface area contributed by atoms with Crippen molar-refractivity contribution >= 4 is 21.6 Å². The molecule has 25 heavy (non-hydrogen) atoms. The lowest BCUT2D eigenvalue weighted by molar-refractivity contribution is 0.250. The van der Waals surface area contributed by atoms with Crippen molar-refractivity contribution in [3.05, 3.63) is 64.1 Å². The Kier molecular flexibility index (Phi) is 6.51. The molecule has 0 amide bonds. The maximum atomic E-state index is 3.79. The number of hydrogen-bond donors (Lipinski definition) is 1. The molecule has 0 aliphatic carbocycles. The fourth-order valence-electron chi connectivity index (χ4n) is 3.46. The summed E-state index contributed by atoms with van der Waals surface area (Å²) in [5.74, 6) is 0. The van der Waals surface area contributed by atoms with E-state index < -0.39 is 0 Å². The monoisotopic (exact) mass is 401 g/mol. The zero-order valence-corrected chi connectivity index (χ0v) is 16.8. The molecule has 134 valence electrons. The van der Waals surface area contributed by atoms with Crippen LogP contribution in [0.5, 0.6) is 0 Å². The molecule has 0 spiro atoms. The van der Waals surface area contributed by atoms with Crippen molar-refractivity contribution in [2.75, 3.05) is 37.6 Å². The quantitative estimate of drug-likeness (QED) is 0.771. The Hall–Kier alpha value is -1.36. The van der Waals surface area contributed by atoms with Gasteiger partial charge >= 0.3 is 0 Å². The van der Waals surface area contributed by atoms with Crippen LogP contribution in [-0.2, 0) is 6.54 Å². The second-order valence-corrected chi connectivity index (χ2v) is 7.59. The Morgan fingerprint density at radius 3 is 2.40 bits per heavy atom. The normalized spacial score (nSPS) is 16.8. The van der Waals surface area contributed by atoms with Crippen LogP contribution in [-0.4, -0.2) is 37.6 Å². The highest BCUT2D eigenvalue weighted by Gasteiger charge is 2.19. The minimum atomic E-state index is 0.387. The van der Waals surface area contributed by atoms with Gasteiger partial charge in [0.15, 0.2) is 0 Å². The van der Waals surface area contributed by atoms with Crippen LogP contribution in [0.3, 0.4) is 0 Å². The van der Waals surface area contributed by atoms with Crippen molar-refractivity contribution in [3.63, 3.8) is 0 Å². The topological polar surface area (TPSA) is 18.5 Å². The Morgan fingerprint density at radius 1 is 1.04 bits per heavy atom. The van der Waals surface area contributed by atoms with E-state index in [-0.39, 0.29) is 0 Å². The fourth-order valence-corrected chi connectivity index (χ4v) is 4.11. The minimum absolute atomic E-state index is 0.387. The molecule has 0 saturated carbocycles. The van der Waals surface area contributed by atoms with Gasteiger partial charge in [0.1, 0.15) is 0 Å². The van der Waals surface area contributed by atoms with Gasteiger partial charge < -0.3 is 10.2 Å². The third kappa shape index (κ3) is 4.84. The first-order valence-corrected chi connectivity index (χ1v) is 10.0. The summed E-state index contributed by atoms with van der Waals surface area (Å²) in [7, 11) is 0. The van der Waals surface area contributed by atoms with Crippen LogP contribution >= 0.6 is 15.9 Å². The third-order valence-electron chi connectivity index (χ3n) is 4.94. The van der Waals surface area contributed by atoms with Gasteiger partial charge in [-0.25, -0.2) is 0 Å². The van der Waals surface area contributed by atoms with Gasteiger partial charge in [-0.15, -0.1) is 0 Å². The molecule has 1 N–H and O–H groups in total. The van der Waals surface area contributed by atoms with Gasteiger partial charge in [-0.05, 0) is 52.7 Å². The van der Waals surface area contributed by atoms with Gasteiger partial charge in [0.25, 0.3) is 0 Å². The number of hydrogen-bond acceptors (Lipinski definition) is 3. The second-order valence-electron chi connectivity index (χ2n) is 6.74. The summed E-state index contributed by atoms with van der Waals surface area (Å²) in [4.78, 5) is 5.04. The van der Waals surface area contributed by atoms with E-state index in [0.29, 0.717) is 6.04 Å². The van der Waals surface area contributed by atoms with Gasteiger partial charge in [0.05, 0.1) is 5.69 Å². The zero-order chi connectivity index (χ0) is 17.6. The number of nitrogens with one attached hydrogen (secondary N) is 1. The summed E-state index contributed by atoms with van der Waals surface area (Å²) >= 11 is 3.79. The number of halogens is 1. The highest BCUT2D eigenvalue weighted by Crippen LogP contribution is 2.30. The van der Waals surface area contributed by atoms with Gasteiger partial charge in [0.2, 0.25) is 0 Å². The molecule has 0 aromatic heterocycles. The van der Waals surface area contributed by atoms with E-state index in [1.165, 1.54) is 21.3 Å². The Balaban J connectivity index is 1.59. The molecule has 1 unspecified atom stereocenters. The largest absolute Gasteiger partial charge is 0.368 e. The molecular weight excluding hydrogens is 374 g/mol. The number of nitrogens with zero attached hydrogens (tertiary/aromatic N) is 2. The molecule has 1 heterocycles. The molecule has 2 aromatic rings. The van der Waals surface area contributed by atoms with E-state index in [4.69, 9.17) is 0 Å². The van der Waals surface area contributed by atoms with Gasteiger partial charge in [-0.1, -0.05) is 43.3 Å². The summed E-state index contributed by atoms with van der Waals surface area (Å²) in [6.45, 7) is 10.8. The van der Waals surface area contributed by atoms with Crippen molar-refractivity contribution in [1.29, 1.82) is 0 Å². The van der Waals surface area contributed by atoms with Crippen molar-refractivity contribution in [3.8, 4) is 0 Å². The second kappa shape index (κ2) is 8.84. The lowest BCUT2D eigenvalue weighted by atomic mass is 10.1. The highest BCUT2D eigenvalue weighted by atomic mass is 79.9.